The number of carbonyl (C=O) groups is 2. The molecule has 100 valence electrons. The van der Waals surface area contributed by atoms with Crippen molar-refractivity contribution in [1.29, 1.82) is 0 Å². The van der Waals surface area contributed by atoms with Crippen LogP contribution in [0.3, 0.4) is 0 Å². The van der Waals surface area contributed by atoms with Gasteiger partial charge in [0.25, 0.3) is 0 Å². The summed E-state index contributed by atoms with van der Waals surface area (Å²) in [4.78, 5) is 21.8. The maximum absolute atomic E-state index is 11.4. The molecule has 0 fully saturated rings. The molecule has 1 rings (SSSR count). The fraction of sp³-hybridized carbons (Fsp3) is 0.545. The first-order valence-corrected chi connectivity index (χ1v) is 5.81. The molecule has 0 aliphatic carbocycles. The molecule has 0 aliphatic rings. The molecule has 18 heavy (non-hydrogen) atoms. The number of nitrogens with zero attached hydrogens (tertiary/aromatic N) is 2. The smallest absolute Gasteiger partial charge is 0.315 e. The second kappa shape index (κ2) is 7.31. The quantitative estimate of drug-likeness (QED) is 0.657. The van der Waals surface area contributed by atoms with Crippen molar-refractivity contribution in [3.63, 3.8) is 0 Å². The number of carboxylic acid groups (broad SMARTS) is 1. The van der Waals surface area contributed by atoms with E-state index in [1.807, 2.05) is 12.3 Å². The third-order valence-corrected chi connectivity index (χ3v) is 2.35. The molecule has 1 unspecified atom stereocenters. The number of carbonyl (C=O) groups excluding carboxylic acids is 1. The van der Waals surface area contributed by atoms with Crippen LogP contribution in [0.5, 0.6) is 0 Å². The molecular formula is C11H18N4O3. The van der Waals surface area contributed by atoms with E-state index >= 15 is 0 Å². The van der Waals surface area contributed by atoms with Gasteiger partial charge in [0.1, 0.15) is 0 Å². The van der Waals surface area contributed by atoms with Crippen molar-refractivity contribution < 1.29 is 14.7 Å². The highest BCUT2D eigenvalue weighted by Crippen LogP contribution is 1.95. The van der Waals surface area contributed by atoms with Gasteiger partial charge in [-0.25, -0.2) is 4.79 Å². The number of aromatic nitrogens is 2. The molecule has 1 heterocycles. The number of nitrogens with one attached hydrogen (secondary N) is 2. The van der Waals surface area contributed by atoms with Crippen molar-refractivity contribution >= 4 is 12.0 Å². The third-order valence-electron chi connectivity index (χ3n) is 2.35. The zero-order valence-corrected chi connectivity index (χ0v) is 10.3. The fourth-order valence-electron chi connectivity index (χ4n) is 1.40. The molecule has 0 bridgehead atoms. The molecule has 7 nitrogen and oxygen atoms in total. The van der Waals surface area contributed by atoms with Gasteiger partial charge in [-0.15, -0.1) is 0 Å². The minimum absolute atomic E-state index is 0.0503. The highest BCUT2D eigenvalue weighted by molar-refractivity contribution is 5.74. The Labute approximate surface area is 105 Å². The van der Waals surface area contributed by atoms with Crippen molar-refractivity contribution in [3.8, 4) is 0 Å². The van der Waals surface area contributed by atoms with E-state index in [1.54, 1.807) is 17.8 Å². The molecule has 2 amide bonds. The second-order valence-electron chi connectivity index (χ2n) is 4.00. The minimum atomic E-state index is -0.859. The number of aliphatic carboxylic acids is 1. The van der Waals surface area contributed by atoms with Crippen LogP contribution in [-0.4, -0.2) is 39.5 Å². The Morgan fingerprint density at radius 2 is 2.28 bits per heavy atom. The molecule has 0 spiro atoms. The van der Waals surface area contributed by atoms with E-state index in [9.17, 15) is 9.59 Å². The Kier molecular flexibility index (Phi) is 5.69. The average molecular weight is 254 g/mol. The number of carboxylic acids is 1. The van der Waals surface area contributed by atoms with Crippen molar-refractivity contribution in [2.24, 2.45) is 0 Å². The van der Waals surface area contributed by atoms with Crippen LogP contribution in [0.4, 0.5) is 4.79 Å². The molecule has 0 saturated carbocycles. The van der Waals surface area contributed by atoms with Crippen molar-refractivity contribution in [2.75, 3.05) is 6.54 Å². The van der Waals surface area contributed by atoms with Gasteiger partial charge in [-0.05, 0) is 19.4 Å². The monoisotopic (exact) mass is 254 g/mol. The topological polar surface area (TPSA) is 96.3 Å². The maximum atomic E-state index is 11.4. The number of urea groups is 1. The van der Waals surface area contributed by atoms with Gasteiger partial charge < -0.3 is 15.7 Å². The summed E-state index contributed by atoms with van der Waals surface area (Å²) in [7, 11) is 0. The van der Waals surface area contributed by atoms with E-state index in [4.69, 9.17) is 5.11 Å². The van der Waals surface area contributed by atoms with E-state index in [2.05, 4.69) is 15.7 Å². The normalized spacial score (nSPS) is 11.8. The van der Waals surface area contributed by atoms with Crippen LogP contribution in [-0.2, 0) is 11.3 Å². The van der Waals surface area contributed by atoms with Crippen LogP contribution in [0.15, 0.2) is 18.5 Å². The van der Waals surface area contributed by atoms with E-state index < -0.39 is 5.97 Å². The summed E-state index contributed by atoms with van der Waals surface area (Å²) in [5, 5.41) is 17.9. The molecule has 1 aromatic rings. The molecule has 1 aromatic heterocycles. The van der Waals surface area contributed by atoms with Gasteiger partial charge in [0.15, 0.2) is 0 Å². The highest BCUT2D eigenvalue weighted by Gasteiger charge is 2.08. The Morgan fingerprint density at radius 3 is 2.89 bits per heavy atom. The summed E-state index contributed by atoms with van der Waals surface area (Å²) >= 11 is 0. The Bertz CT molecular complexity index is 378. The summed E-state index contributed by atoms with van der Waals surface area (Å²) < 4.78 is 1.72. The number of hydrogen-bond acceptors (Lipinski definition) is 3. The Hall–Kier alpha value is -2.05. The SMILES string of the molecule is CC(CCC(=O)O)NC(=O)NCCn1cccn1. The third kappa shape index (κ3) is 5.88. The van der Waals surface area contributed by atoms with E-state index in [0.717, 1.165) is 0 Å². The lowest BCUT2D eigenvalue weighted by Crippen LogP contribution is -2.42. The summed E-state index contributed by atoms with van der Waals surface area (Å²) in [6.07, 6.45) is 3.96. The maximum Gasteiger partial charge on any atom is 0.315 e. The summed E-state index contributed by atoms with van der Waals surface area (Å²) in [6, 6.07) is 1.36. The van der Waals surface area contributed by atoms with Gasteiger partial charge in [0.05, 0.1) is 6.54 Å². The van der Waals surface area contributed by atoms with Gasteiger partial charge in [-0.3, -0.25) is 9.48 Å². The predicted molar refractivity (Wildman–Crippen MR) is 65.1 cm³/mol. The molecular weight excluding hydrogens is 236 g/mol. The first-order chi connectivity index (χ1) is 8.58. The predicted octanol–water partition coefficient (Wildman–Crippen LogP) is 0.436. The van der Waals surface area contributed by atoms with E-state index in [-0.39, 0.29) is 18.5 Å². The molecule has 0 radical (unpaired) electrons. The molecule has 3 N–H and O–H groups in total. The lowest BCUT2D eigenvalue weighted by molar-refractivity contribution is -0.137. The number of hydrogen-bond donors (Lipinski definition) is 3. The van der Waals surface area contributed by atoms with E-state index in [1.165, 1.54) is 0 Å². The lowest BCUT2D eigenvalue weighted by Gasteiger charge is -2.13. The zero-order chi connectivity index (χ0) is 13.4. The first-order valence-electron chi connectivity index (χ1n) is 5.81. The first kappa shape index (κ1) is 14.0. The lowest BCUT2D eigenvalue weighted by atomic mass is 10.2. The van der Waals surface area contributed by atoms with Gasteiger partial charge in [0.2, 0.25) is 0 Å². The second-order valence-corrected chi connectivity index (χ2v) is 4.00. The van der Waals surface area contributed by atoms with E-state index in [0.29, 0.717) is 19.5 Å². The average Bonchev–Trinajstić information content (AvgIpc) is 2.79. The minimum Gasteiger partial charge on any atom is -0.481 e. The van der Waals surface area contributed by atoms with Crippen LogP contribution in [0.25, 0.3) is 0 Å². The van der Waals surface area contributed by atoms with Crippen molar-refractivity contribution in [1.82, 2.24) is 20.4 Å². The van der Waals surface area contributed by atoms with Crippen molar-refractivity contribution in [3.05, 3.63) is 18.5 Å². The van der Waals surface area contributed by atoms with Gasteiger partial charge >= 0.3 is 12.0 Å². The molecule has 0 aliphatic heterocycles. The van der Waals surface area contributed by atoms with Crippen LogP contribution < -0.4 is 10.6 Å². The zero-order valence-electron chi connectivity index (χ0n) is 10.3. The van der Waals surface area contributed by atoms with Crippen LogP contribution >= 0.6 is 0 Å². The van der Waals surface area contributed by atoms with Crippen LogP contribution in [0.2, 0.25) is 0 Å². The largest absolute Gasteiger partial charge is 0.481 e. The molecule has 7 heteroatoms. The number of amides is 2. The summed E-state index contributed by atoms with van der Waals surface area (Å²) in [5.41, 5.74) is 0. The van der Waals surface area contributed by atoms with Crippen LogP contribution in [0.1, 0.15) is 19.8 Å². The molecule has 1 atom stereocenters. The molecule has 0 aromatic carbocycles. The standard InChI is InChI=1S/C11H18N4O3/c1-9(3-4-10(16)17)14-11(18)12-6-8-15-7-2-5-13-15/h2,5,7,9H,3-4,6,8H2,1H3,(H,16,17)(H2,12,14,18). The Morgan fingerprint density at radius 1 is 1.50 bits per heavy atom. The van der Waals surface area contributed by atoms with Gasteiger partial charge in [-0.1, -0.05) is 0 Å². The van der Waals surface area contributed by atoms with Gasteiger partial charge in [-0.2, -0.15) is 5.10 Å². The summed E-state index contributed by atoms with van der Waals surface area (Å²) in [5.74, 6) is -0.859. The van der Waals surface area contributed by atoms with Crippen molar-refractivity contribution in [2.45, 2.75) is 32.4 Å². The number of rotatable bonds is 7. The summed E-state index contributed by atoms with van der Waals surface area (Å²) in [6.45, 7) is 2.85. The highest BCUT2D eigenvalue weighted by atomic mass is 16.4. The molecule has 0 saturated heterocycles. The van der Waals surface area contributed by atoms with Gasteiger partial charge in [0, 0.05) is 31.4 Å². The van der Waals surface area contributed by atoms with Crippen LogP contribution in [0, 0.1) is 0 Å². The Balaban J connectivity index is 2.11. The fourth-order valence-corrected chi connectivity index (χ4v) is 1.40.